The Kier molecular flexibility index (Phi) is 3.14. The van der Waals surface area contributed by atoms with Crippen LogP contribution < -0.4 is 10.6 Å². The smallest absolute Gasteiger partial charge is 0.115 e. The second kappa shape index (κ2) is 4.14. The number of aliphatic hydroxyl groups is 1. The van der Waals surface area contributed by atoms with E-state index in [1.807, 2.05) is 36.9 Å². The summed E-state index contributed by atoms with van der Waals surface area (Å²) in [6.45, 7) is 4.80. The highest BCUT2D eigenvalue weighted by atomic mass is 16.3. The van der Waals surface area contributed by atoms with Crippen molar-refractivity contribution in [2.45, 2.75) is 13.8 Å². The highest BCUT2D eigenvalue weighted by Crippen LogP contribution is 2.19. The molecule has 0 heterocycles. The number of hydrogen-bond acceptors (Lipinski definition) is 3. The van der Waals surface area contributed by atoms with Crippen LogP contribution in [-0.2, 0) is 0 Å². The Hall–Kier alpha value is -1.22. The molecule has 0 aliphatic carbocycles. The number of nitrogen functional groups attached to an aromatic ring is 1. The molecule has 72 valence electrons. The molecule has 0 saturated carbocycles. The lowest BCUT2D eigenvalue weighted by Crippen LogP contribution is -2.23. The van der Waals surface area contributed by atoms with Crippen molar-refractivity contribution in [3.05, 3.63) is 23.8 Å². The first-order valence-electron chi connectivity index (χ1n) is 4.41. The van der Waals surface area contributed by atoms with Gasteiger partial charge < -0.3 is 15.7 Å². The normalized spacial score (nSPS) is 10.1. The third-order valence-electron chi connectivity index (χ3n) is 2.17. The third-order valence-corrected chi connectivity index (χ3v) is 2.17. The fourth-order valence-corrected chi connectivity index (χ4v) is 1.22. The number of benzene rings is 1. The maximum atomic E-state index is 9.03. The lowest BCUT2D eigenvalue weighted by molar-refractivity contribution is 0.293. The minimum Gasteiger partial charge on any atom is -0.399 e. The molecule has 1 aromatic carbocycles. The summed E-state index contributed by atoms with van der Waals surface area (Å²) in [7, 11) is 0. The van der Waals surface area contributed by atoms with E-state index in [9.17, 15) is 0 Å². The SMILES string of the molecule is CCN(CO)c1ccc(N)c(C)c1. The maximum absolute atomic E-state index is 9.03. The number of nitrogens with zero attached hydrogens (tertiary/aromatic N) is 1. The molecule has 0 amide bonds. The summed E-state index contributed by atoms with van der Waals surface area (Å²) in [5.74, 6) is 0. The van der Waals surface area contributed by atoms with Gasteiger partial charge in [0.25, 0.3) is 0 Å². The highest BCUT2D eigenvalue weighted by molar-refractivity contribution is 5.57. The predicted octanol–water partition coefficient (Wildman–Crippen LogP) is 1.35. The van der Waals surface area contributed by atoms with E-state index in [1.165, 1.54) is 0 Å². The van der Waals surface area contributed by atoms with E-state index < -0.39 is 0 Å². The Morgan fingerprint density at radius 3 is 2.62 bits per heavy atom. The first-order chi connectivity index (χ1) is 6.19. The fourth-order valence-electron chi connectivity index (χ4n) is 1.22. The van der Waals surface area contributed by atoms with Crippen LogP contribution in [0.2, 0.25) is 0 Å². The monoisotopic (exact) mass is 180 g/mol. The van der Waals surface area contributed by atoms with Crippen molar-refractivity contribution in [1.29, 1.82) is 0 Å². The summed E-state index contributed by atoms with van der Waals surface area (Å²) >= 11 is 0. The van der Waals surface area contributed by atoms with Crippen LogP contribution in [0.25, 0.3) is 0 Å². The van der Waals surface area contributed by atoms with E-state index in [0.717, 1.165) is 23.5 Å². The molecule has 0 aliphatic heterocycles. The van der Waals surface area contributed by atoms with E-state index >= 15 is 0 Å². The molecule has 1 rings (SSSR count). The van der Waals surface area contributed by atoms with Crippen LogP contribution in [0.5, 0.6) is 0 Å². The number of nitrogens with two attached hydrogens (primary N) is 1. The maximum Gasteiger partial charge on any atom is 0.115 e. The summed E-state index contributed by atoms with van der Waals surface area (Å²) in [6, 6.07) is 5.76. The second-order valence-electron chi connectivity index (χ2n) is 3.04. The van der Waals surface area contributed by atoms with Crippen molar-refractivity contribution in [3.63, 3.8) is 0 Å². The van der Waals surface area contributed by atoms with Crippen molar-refractivity contribution in [2.24, 2.45) is 0 Å². The zero-order chi connectivity index (χ0) is 9.84. The second-order valence-corrected chi connectivity index (χ2v) is 3.04. The summed E-state index contributed by atoms with van der Waals surface area (Å²) < 4.78 is 0. The molecule has 0 radical (unpaired) electrons. The quantitative estimate of drug-likeness (QED) is 0.545. The molecule has 0 unspecified atom stereocenters. The van der Waals surface area contributed by atoms with Crippen LogP contribution in [0, 0.1) is 6.92 Å². The van der Waals surface area contributed by atoms with Gasteiger partial charge in [0.05, 0.1) is 0 Å². The van der Waals surface area contributed by atoms with Gasteiger partial charge >= 0.3 is 0 Å². The first-order valence-corrected chi connectivity index (χ1v) is 4.41. The van der Waals surface area contributed by atoms with Crippen molar-refractivity contribution in [2.75, 3.05) is 23.9 Å². The molecular formula is C10H16N2O. The lowest BCUT2D eigenvalue weighted by atomic mass is 10.2. The Balaban J connectivity index is 2.95. The molecule has 13 heavy (non-hydrogen) atoms. The number of aryl methyl sites for hydroxylation is 1. The summed E-state index contributed by atoms with van der Waals surface area (Å²) in [5, 5.41) is 9.03. The molecule has 0 aliphatic rings. The average molecular weight is 180 g/mol. The molecule has 0 atom stereocenters. The van der Waals surface area contributed by atoms with Crippen LogP contribution >= 0.6 is 0 Å². The van der Waals surface area contributed by atoms with Gasteiger partial charge in [-0.05, 0) is 37.6 Å². The van der Waals surface area contributed by atoms with Crippen LogP contribution in [0.1, 0.15) is 12.5 Å². The molecule has 0 spiro atoms. The predicted molar refractivity (Wildman–Crippen MR) is 55.7 cm³/mol. The van der Waals surface area contributed by atoms with Gasteiger partial charge in [0.2, 0.25) is 0 Å². The van der Waals surface area contributed by atoms with E-state index in [-0.39, 0.29) is 6.73 Å². The van der Waals surface area contributed by atoms with Crippen molar-refractivity contribution < 1.29 is 5.11 Å². The topological polar surface area (TPSA) is 49.5 Å². The van der Waals surface area contributed by atoms with Gasteiger partial charge in [-0.3, -0.25) is 0 Å². The Morgan fingerprint density at radius 2 is 2.15 bits per heavy atom. The Morgan fingerprint density at radius 1 is 1.46 bits per heavy atom. The molecule has 0 saturated heterocycles. The first kappa shape index (κ1) is 9.86. The van der Waals surface area contributed by atoms with Crippen LogP contribution in [0.4, 0.5) is 11.4 Å². The third kappa shape index (κ3) is 2.12. The fraction of sp³-hybridized carbons (Fsp3) is 0.400. The zero-order valence-electron chi connectivity index (χ0n) is 8.12. The van der Waals surface area contributed by atoms with Crippen molar-refractivity contribution >= 4 is 11.4 Å². The molecule has 1 aromatic rings. The van der Waals surface area contributed by atoms with Gasteiger partial charge in [0.1, 0.15) is 6.73 Å². The van der Waals surface area contributed by atoms with E-state index in [4.69, 9.17) is 10.8 Å². The minimum atomic E-state index is 0.0415. The van der Waals surface area contributed by atoms with Crippen LogP contribution in [-0.4, -0.2) is 18.4 Å². The van der Waals surface area contributed by atoms with E-state index in [1.54, 1.807) is 0 Å². The minimum absolute atomic E-state index is 0.0415. The summed E-state index contributed by atoms with van der Waals surface area (Å²) in [6.07, 6.45) is 0. The average Bonchev–Trinajstić information content (AvgIpc) is 2.13. The summed E-state index contributed by atoms with van der Waals surface area (Å²) in [5.41, 5.74) is 8.54. The van der Waals surface area contributed by atoms with Crippen LogP contribution in [0.15, 0.2) is 18.2 Å². The lowest BCUT2D eigenvalue weighted by Gasteiger charge is -2.20. The van der Waals surface area contributed by atoms with Gasteiger partial charge in [0, 0.05) is 17.9 Å². The van der Waals surface area contributed by atoms with Gasteiger partial charge in [-0.15, -0.1) is 0 Å². The molecule has 3 N–H and O–H groups in total. The number of rotatable bonds is 3. The Bertz CT molecular complexity index is 282. The van der Waals surface area contributed by atoms with E-state index in [2.05, 4.69) is 0 Å². The van der Waals surface area contributed by atoms with Gasteiger partial charge in [0.15, 0.2) is 0 Å². The molecule has 0 bridgehead atoms. The van der Waals surface area contributed by atoms with Gasteiger partial charge in [-0.25, -0.2) is 0 Å². The molecule has 0 aromatic heterocycles. The molecule has 0 fully saturated rings. The summed E-state index contributed by atoms with van der Waals surface area (Å²) in [4.78, 5) is 1.87. The number of anilines is 2. The van der Waals surface area contributed by atoms with Gasteiger partial charge in [-0.1, -0.05) is 0 Å². The number of hydrogen-bond donors (Lipinski definition) is 2. The number of aliphatic hydroxyl groups excluding tert-OH is 1. The molecule has 3 heteroatoms. The Labute approximate surface area is 78.8 Å². The van der Waals surface area contributed by atoms with Crippen LogP contribution in [0.3, 0.4) is 0 Å². The standard InChI is InChI=1S/C10H16N2O/c1-3-12(7-13)9-4-5-10(11)8(2)6-9/h4-6,13H,3,7,11H2,1-2H3. The zero-order valence-corrected chi connectivity index (χ0v) is 8.12. The molecule has 3 nitrogen and oxygen atoms in total. The molecular weight excluding hydrogens is 164 g/mol. The van der Waals surface area contributed by atoms with Crippen molar-refractivity contribution in [3.8, 4) is 0 Å². The van der Waals surface area contributed by atoms with Gasteiger partial charge in [-0.2, -0.15) is 0 Å². The van der Waals surface area contributed by atoms with E-state index in [0.29, 0.717) is 0 Å². The highest BCUT2D eigenvalue weighted by Gasteiger charge is 2.02. The largest absolute Gasteiger partial charge is 0.399 e. The van der Waals surface area contributed by atoms with Crippen molar-refractivity contribution in [1.82, 2.24) is 0 Å².